The topological polar surface area (TPSA) is 50.2 Å². The van der Waals surface area contributed by atoms with Crippen molar-refractivity contribution in [3.05, 3.63) is 59.8 Å². The zero-order valence-corrected chi connectivity index (χ0v) is 10.9. The first kappa shape index (κ1) is 13.2. The third kappa shape index (κ3) is 3.87. The molecule has 1 heterocycles. The first-order chi connectivity index (χ1) is 9.27. The summed E-state index contributed by atoms with van der Waals surface area (Å²) in [5, 5.41) is 9.51. The fourth-order valence-corrected chi connectivity index (χ4v) is 2.16. The van der Waals surface area contributed by atoms with Gasteiger partial charge in [0.2, 0.25) is 0 Å². The van der Waals surface area contributed by atoms with Crippen molar-refractivity contribution in [2.45, 2.75) is 5.03 Å². The minimum atomic E-state index is -0.966. The van der Waals surface area contributed by atoms with Crippen molar-refractivity contribution in [2.24, 2.45) is 0 Å². The van der Waals surface area contributed by atoms with Gasteiger partial charge in [-0.05, 0) is 24.3 Å². The van der Waals surface area contributed by atoms with Crippen LogP contribution in [0.2, 0.25) is 0 Å². The SMILES string of the molecule is O=C(O)c1cccnc1SCC#Cc1ccccc1. The normalized spacial score (nSPS) is 9.47. The smallest absolute Gasteiger partial charge is 0.338 e. The second-order valence-electron chi connectivity index (χ2n) is 3.62. The number of thioether (sulfide) groups is 1. The molecule has 94 valence electrons. The molecule has 0 saturated carbocycles. The molecule has 0 saturated heterocycles. The molecule has 1 aromatic carbocycles. The molecule has 0 bridgehead atoms. The van der Waals surface area contributed by atoms with Crippen molar-refractivity contribution >= 4 is 17.7 Å². The summed E-state index contributed by atoms with van der Waals surface area (Å²) in [6.07, 6.45) is 1.58. The van der Waals surface area contributed by atoms with Crippen molar-refractivity contribution < 1.29 is 9.90 Å². The Balaban J connectivity index is 2.01. The standard InChI is InChI=1S/C15H11NO2S/c17-15(18)13-9-4-10-16-14(13)19-11-5-8-12-6-2-1-3-7-12/h1-4,6-7,9-10H,11H2,(H,17,18). The highest BCUT2D eigenvalue weighted by atomic mass is 32.2. The number of nitrogens with zero attached hydrogens (tertiary/aromatic N) is 1. The third-order valence-corrected chi connectivity index (χ3v) is 3.18. The summed E-state index contributed by atoms with van der Waals surface area (Å²) >= 11 is 1.33. The number of pyridine rings is 1. The van der Waals surface area contributed by atoms with Crippen LogP contribution in [-0.4, -0.2) is 21.8 Å². The predicted molar refractivity (Wildman–Crippen MR) is 75.2 cm³/mol. The van der Waals surface area contributed by atoms with Gasteiger partial charge in [0.25, 0.3) is 0 Å². The Labute approximate surface area is 115 Å². The van der Waals surface area contributed by atoms with Gasteiger partial charge in [-0.2, -0.15) is 0 Å². The number of hydrogen-bond donors (Lipinski definition) is 1. The van der Waals surface area contributed by atoms with E-state index >= 15 is 0 Å². The molecule has 0 fully saturated rings. The Kier molecular flexibility index (Phi) is 4.60. The molecule has 1 aromatic heterocycles. The number of aromatic carboxylic acids is 1. The van der Waals surface area contributed by atoms with Crippen LogP contribution in [0.15, 0.2) is 53.7 Å². The molecular formula is C15H11NO2S. The molecule has 0 aliphatic heterocycles. The van der Waals surface area contributed by atoms with E-state index in [0.717, 1.165) is 5.56 Å². The fraction of sp³-hybridized carbons (Fsp3) is 0.0667. The van der Waals surface area contributed by atoms with Gasteiger partial charge >= 0.3 is 5.97 Å². The zero-order chi connectivity index (χ0) is 13.5. The summed E-state index contributed by atoms with van der Waals surface area (Å²) in [6.45, 7) is 0. The molecule has 3 nitrogen and oxygen atoms in total. The summed E-state index contributed by atoms with van der Waals surface area (Å²) in [5.41, 5.74) is 1.16. The van der Waals surface area contributed by atoms with Crippen LogP contribution in [0.4, 0.5) is 0 Å². The molecule has 0 unspecified atom stereocenters. The van der Waals surface area contributed by atoms with Crippen LogP contribution in [-0.2, 0) is 0 Å². The molecule has 2 rings (SSSR count). The lowest BCUT2D eigenvalue weighted by Crippen LogP contribution is -2.00. The molecule has 0 radical (unpaired) electrons. The van der Waals surface area contributed by atoms with E-state index in [1.807, 2.05) is 30.3 Å². The first-order valence-corrected chi connectivity index (χ1v) is 6.61. The van der Waals surface area contributed by atoms with E-state index in [0.29, 0.717) is 10.8 Å². The monoisotopic (exact) mass is 269 g/mol. The fourth-order valence-electron chi connectivity index (χ4n) is 1.43. The highest BCUT2D eigenvalue weighted by Gasteiger charge is 2.09. The van der Waals surface area contributed by atoms with Crippen LogP contribution in [0.1, 0.15) is 15.9 Å². The van der Waals surface area contributed by atoms with Crippen molar-refractivity contribution in [1.29, 1.82) is 0 Å². The average molecular weight is 269 g/mol. The Morgan fingerprint density at radius 2 is 2.00 bits per heavy atom. The maximum atomic E-state index is 11.0. The van der Waals surface area contributed by atoms with Crippen molar-refractivity contribution in [3.8, 4) is 11.8 Å². The van der Waals surface area contributed by atoms with Crippen LogP contribution in [0.3, 0.4) is 0 Å². The van der Waals surface area contributed by atoms with Gasteiger partial charge < -0.3 is 5.11 Å². The Morgan fingerprint density at radius 3 is 2.74 bits per heavy atom. The number of carboxylic acid groups (broad SMARTS) is 1. The van der Waals surface area contributed by atoms with E-state index in [1.54, 1.807) is 18.3 Å². The lowest BCUT2D eigenvalue weighted by Gasteiger charge is -2.00. The van der Waals surface area contributed by atoms with Gasteiger partial charge in [0.1, 0.15) is 5.03 Å². The van der Waals surface area contributed by atoms with Crippen LogP contribution in [0, 0.1) is 11.8 Å². The van der Waals surface area contributed by atoms with E-state index < -0.39 is 5.97 Å². The molecule has 1 N–H and O–H groups in total. The maximum Gasteiger partial charge on any atom is 0.338 e. The lowest BCUT2D eigenvalue weighted by molar-refractivity contribution is 0.0692. The van der Waals surface area contributed by atoms with Gasteiger partial charge in [-0.15, -0.1) is 0 Å². The molecule has 0 spiro atoms. The quantitative estimate of drug-likeness (QED) is 0.687. The number of carboxylic acids is 1. The summed E-state index contributed by atoms with van der Waals surface area (Å²) < 4.78 is 0. The number of benzene rings is 1. The second-order valence-corrected chi connectivity index (χ2v) is 4.58. The zero-order valence-electron chi connectivity index (χ0n) is 10.0. The number of aromatic nitrogens is 1. The van der Waals surface area contributed by atoms with Gasteiger partial charge in [-0.3, -0.25) is 0 Å². The predicted octanol–water partition coefficient (Wildman–Crippen LogP) is 2.92. The highest BCUT2D eigenvalue weighted by Crippen LogP contribution is 2.19. The van der Waals surface area contributed by atoms with Gasteiger partial charge in [0.15, 0.2) is 0 Å². The number of carbonyl (C=O) groups is 1. The number of rotatable bonds is 3. The molecule has 0 aliphatic carbocycles. The minimum Gasteiger partial charge on any atom is -0.478 e. The third-order valence-electron chi connectivity index (χ3n) is 2.29. The summed E-state index contributed by atoms with van der Waals surface area (Å²) in [5.74, 6) is 5.55. The van der Waals surface area contributed by atoms with E-state index in [4.69, 9.17) is 5.11 Å². The van der Waals surface area contributed by atoms with Crippen molar-refractivity contribution in [3.63, 3.8) is 0 Å². The second kappa shape index (κ2) is 6.62. The highest BCUT2D eigenvalue weighted by molar-refractivity contribution is 7.99. The Bertz CT molecular complexity index is 629. The van der Waals surface area contributed by atoms with Crippen LogP contribution in [0.25, 0.3) is 0 Å². The van der Waals surface area contributed by atoms with E-state index in [-0.39, 0.29) is 5.56 Å². The van der Waals surface area contributed by atoms with Gasteiger partial charge in [0.05, 0.1) is 11.3 Å². The molecule has 0 aliphatic rings. The number of hydrogen-bond acceptors (Lipinski definition) is 3. The van der Waals surface area contributed by atoms with Gasteiger partial charge in [-0.1, -0.05) is 41.8 Å². The Hall–Kier alpha value is -2.25. The lowest BCUT2D eigenvalue weighted by atomic mass is 10.2. The van der Waals surface area contributed by atoms with E-state index in [1.165, 1.54) is 11.8 Å². The summed E-state index contributed by atoms with van der Waals surface area (Å²) in [4.78, 5) is 15.0. The maximum absolute atomic E-state index is 11.0. The minimum absolute atomic E-state index is 0.217. The van der Waals surface area contributed by atoms with Gasteiger partial charge in [0, 0.05) is 11.8 Å². The van der Waals surface area contributed by atoms with E-state index in [2.05, 4.69) is 16.8 Å². The molecule has 4 heteroatoms. The van der Waals surface area contributed by atoms with E-state index in [9.17, 15) is 4.79 Å². The molecule has 0 atom stereocenters. The Morgan fingerprint density at radius 1 is 1.21 bits per heavy atom. The largest absolute Gasteiger partial charge is 0.478 e. The molecule has 2 aromatic rings. The van der Waals surface area contributed by atoms with Crippen LogP contribution >= 0.6 is 11.8 Å². The van der Waals surface area contributed by atoms with Crippen LogP contribution in [0.5, 0.6) is 0 Å². The molecule has 0 amide bonds. The average Bonchev–Trinajstić information content (AvgIpc) is 2.45. The van der Waals surface area contributed by atoms with Crippen molar-refractivity contribution in [2.75, 3.05) is 5.75 Å². The summed E-state index contributed by atoms with van der Waals surface area (Å²) in [7, 11) is 0. The van der Waals surface area contributed by atoms with Crippen molar-refractivity contribution in [1.82, 2.24) is 4.98 Å². The molecular weight excluding hydrogens is 258 g/mol. The molecule has 19 heavy (non-hydrogen) atoms. The van der Waals surface area contributed by atoms with Crippen LogP contribution < -0.4 is 0 Å². The first-order valence-electron chi connectivity index (χ1n) is 5.62. The summed E-state index contributed by atoms with van der Waals surface area (Å²) in [6, 6.07) is 12.8. The van der Waals surface area contributed by atoms with Gasteiger partial charge in [-0.25, -0.2) is 9.78 Å².